The Morgan fingerprint density at radius 2 is 2.05 bits per heavy atom. The topological polar surface area (TPSA) is 111 Å². The van der Waals surface area contributed by atoms with Crippen molar-refractivity contribution in [2.24, 2.45) is 0 Å². The van der Waals surface area contributed by atoms with Crippen LogP contribution in [-0.4, -0.2) is 39.8 Å². The Kier molecular flexibility index (Phi) is 6.97. The van der Waals surface area contributed by atoms with E-state index in [4.69, 9.17) is 10.5 Å². The second kappa shape index (κ2) is 8.48. The van der Waals surface area contributed by atoms with E-state index in [2.05, 4.69) is 10.0 Å². The second-order valence-electron chi connectivity index (χ2n) is 4.30. The monoisotopic (exact) mass is 315 g/mol. The Morgan fingerprint density at radius 3 is 2.71 bits per heavy atom. The third kappa shape index (κ3) is 6.96. The number of carbonyl (C=O) groups is 1. The summed E-state index contributed by atoms with van der Waals surface area (Å²) in [4.78, 5) is 11.2. The van der Waals surface area contributed by atoms with Gasteiger partial charge >= 0.3 is 0 Å². The van der Waals surface area contributed by atoms with Gasteiger partial charge in [0.1, 0.15) is 12.4 Å². The first-order chi connectivity index (χ1) is 9.94. The molecule has 21 heavy (non-hydrogen) atoms. The lowest BCUT2D eigenvalue weighted by Crippen LogP contribution is -2.33. The molecule has 0 heterocycles. The molecule has 1 aromatic carbocycles. The summed E-state index contributed by atoms with van der Waals surface area (Å²) in [5.41, 5.74) is 6.14. The molecule has 0 aliphatic heterocycles. The quantitative estimate of drug-likeness (QED) is 0.560. The van der Waals surface area contributed by atoms with Crippen molar-refractivity contribution in [2.75, 3.05) is 31.2 Å². The summed E-state index contributed by atoms with van der Waals surface area (Å²) in [5.74, 6) is 0.0695. The van der Waals surface area contributed by atoms with Gasteiger partial charge in [-0.3, -0.25) is 4.79 Å². The normalized spacial score (nSPS) is 11.1. The number of ether oxygens (including phenoxy) is 1. The zero-order valence-electron chi connectivity index (χ0n) is 12.0. The van der Waals surface area contributed by atoms with Crippen LogP contribution in [0.2, 0.25) is 0 Å². The molecule has 0 spiro atoms. The van der Waals surface area contributed by atoms with Crippen LogP contribution in [-0.2, 0) is 14.8 Å². The van der Waals surface area contributed by atoms with Crippen LogP contribution in [0.5, 0.6) is 5.75 Å². The number of carbonyl (C=O) groups excluding carboxylic acids is 1. The van der Waals surface area contributed by atoms with Crippen LogP contribution in [0, 0.1) is 0 Å². The number of anilines is 1. The van der Waals surface area contributed by atoms with Gasteiger partial charge in [-0.2, -0.15) is 0 Å². The first kappa shape index (κ1) is 17.3. The van der Waals surface area contributed by atoms with E-state index in [-0.39, 0.29) is 31.2 Å². The largest absolute Gasteiger partial charge is 0.490 e. The maximum absolute atomic E-state index is 11.7. The molecule has 7 nitrogen and oxygen atoms in total. The molecule has 0 saturated carbocycles. The Hall–Kier alpha value is -1.80. The lowest BCUT2D eigenvalue weighted by molar-refractivity contribution is -0.120. The van der Waals surface area contributed by atoms with Crippen molar-refractivity contribution in [3.8, 4) is 5.75 Å². The van der Waals surface area contributed by atoms with E-state index >= 15 is 0 Å². The predicted molar refractivity (Wildman–Crippen MR) is 81.4 cm³/mol. The lowest BCUT2D eigenvalue weighted by atomic mass is 10.3. The summed E-state index contributed by atoms with van der Waals surface area (Å²) in [6.45, 7) is 2.39. The van der Waals surface area contributed by atoms with Gasteiger partial charge in [0.25, 0.3) is 0 Å². The molecule has 118 valence electrons. The zero-order chi connectivity index (χ0) is 15.7. The number of nitrogen functional groups attached to an aromatic ring is 1. The number of benzene rings is 1. The highest BCUT2D eigenvalue weighted by Gasteiger charge is 2.11. The van der Waals surface area contributed by atoms with Crippen molar-refractivity contribution < 1.29 is 17.9 Å². The minimum atomic E-state index is -3.47. The Bertz CT molecular complexity index is 560. The fraction of sp³-hybridized carbons (Fsp3) is 0.462. The van der Waals surface area contributed by atoms with Crippen molar-refractivity contribution in [3.63, 3.8) is 0 Å². The molecule has 0 saturated heterocycles. The van der Waals surface area contributed by atoms with Crippen LogP contribution >= 0.6 is 0 Å². The Balaban J connectivity index is 2.30. The van der Waals surface area contributed by atoms with Gasteiger partial charge in [0.15, 0.2) is 0 Å². The van der Waals surface area contributed by atoms with Gasteiger partial charge in [0.2, 0.25) is 15.9 Å². The van der Waals surface area contributed by atoms with E-state index in [1.807, 2.05) is 0 Å². The molecule has 1 aromatic rings. The maximum Gasteiger partial charge on any atom is 0.221 e. The zero-order valence-corrected chi connectivity index (χ0v) is 12.8. The fourth-order valence-electron chi connectivity index (χ4n) is 1.55. The molecule has 4 N–H and O–H groups in total. The third-order valence-corrected chi connectivity index (χ3v) is 3.92. The first-order valence-electron chi connectivity index (χ1n) is 6.66. The lowest BCUT2D eigenvalue weighted by Gasteiger charge is -2.09. The number of nitrogens with one attached hydrogen (secondary N) is 2. The van der Waals surface area contributed by atoms with Crippen LogP contribution in [0.1, 0.15) is 13.3 Å². The van der Waals surface area contributed by atoms with Crippen LogP contribution in [0.25, 0.3) is 0 Å². The fourth-order valence-corrected chi connectivity index (χ4v) is 2.41. The second-order valence-corrected chi connectivity index (χ2v) is 6.23. The molecule has 0 aliphatic carbocycles. The van der Waals surface area contributed by atoms with Gasteiger partial charge in [-0.25, -0.2) is 13.1 Å². The van der Waals surface area contributed by atoms with Gasteiger partial charge in [0, 0.05) is 19.5 Å². The molecular formula is C13H21N3O4S. The summed E-state index contributed by atoms with van der Waals surface area (Å²) >= 11 is 0. The number of amides is 1. The Morgan fingerprint density at radius 1 is 1.33 bits per heavy atom. The molecule has 0 aliphatic rings. The van der Waals surface area contributed by atoms with E-state index in [0.717, 1.165) is 0 Å². The van der Waals surface area contributed by atoms with E-state index in [9.17, 15) is 13.2 Å². The van der Waals surface area contributed by atoms with Gasteiger partial charge in [-0.05, 0) is 19.1 Å². The van der Waals surface area contributed by atoms with Crippen molar-refractivity contribution in [3.05, 3.63) is 24.3 Å². The average Bonchev–Trinajstić information content (AvgIpc) is 2.41. The Labute approximate surface area is 124 Å². The molecule has 1 amide bonds. The van der Waals surface area contributed by atoms with E-state index in [1.54, 1.807) is 31.2 Å². The molecule has 1 rings (SSSR count). The summed E-state index contributed by atoms with van der Waals surface area (Å²) in [7, 11) is -3.47. The maximum atomic E-state index is 11.7. The van der Waals surface area contributed by atoms with Crippen molar-refractivity contribution in [1.82, 2.24) is 10.0 Å². The van der Waals surface area contributed by atoms with Gasteiger partial charge in [0.05, 0.1) is 11.4 Å². The van der Waals surface area contributed by atoms with Crippen LogP contribution in [0.15, 0.2) is 24.3 Å². The number of hydrogen-bond donors (Lipinski definition) is 3. The van der Waals surface area contributed by atoms with Gasteiger partial charge < -0.3 is 15.8 Å². The molecule has 8 heteroatoms. The van der Waals surface area contributed by atoms with Crippen LogP contribution < -0.4 is 20.5 Å². The van der Waals surface area contributed by atoms with Crippen molar-refractivity contribution in [2.45, 2.75) is 13.3 Å². The first-order valence-corrected chi connectivity index (χ1v) is 8.31. The third-order valence-electron chi connectivity index (χ3n) is 2.58. The molecular weight excluding hydrogens is 294 g/mol. The molecule has 0 aromatic heterocycles. The molecule has 0 radical (unpaired) electrons. The number of sulfonamides is 1. The molecule has 0 fully saturated rings. The van der Waals surface area contributed by atoms with E-state index in [0.29, 0.717) is 18.0 Å². The predicted octanol–water partition coefficient (Wildman–Crippen LogP) is 0.0932. The smallest absolute Gasteiger partial charge is 0.221 e. The van der Waals surface area contributed by atoms with Crippen LogP contribution in [0.4, 0.5) is 5.69 Å². The average molecular weight is 315 g/mol. The van der Waals surface area contributed by atoms with E-state index < -0.39 is 10.0 Å². The molecule has 0 atom stereocenters. The highest BCUT2D eigenvalue weighted by Crippen LogP contribution is 2.19. The highest BCUT2D eigenvalue weighted by atomic mass is 32.2. The van der Waals surface area contributed by atoms with Crippen molar-refractivity contribution >= 4 is 21.6 Å². The SMILES string of the molecule is CCNC(=O)CCNS(=O)(=O)CCOc1ccccc1N. The number of rotatable bonds is 9. The van der Waals surface area contributed by atoms with E-state index in [1.165, 1.54) is 0 Å². The van der Waals surface area contributed by atoms with Gasteiger partial charge in [-0.1, -0.05) is 12.1 Å². The molecule has 0 unspecified atom stereocenters. The molecule has 0 bridgehead atoms. The number of para-hydroxylation sites is 2. The van der Waals surface area contributed by atoms with Crippen LogP contribution in [0.3, 0.4) is 0 Å². The number of nitrogens with two attached hydrogens (primary N) is 1. The van der Waals surface area contributed by atoms with Crippen molar-refractivity contribution in [1.29, 1.82) is 0 Å². The minimum Gasteiger partial charge on any atom is -0.490 e. The van der Waals surface area contributed by atoms with Gasteiger partial charge in [-0.15, -0.1) is 0 Å². The summed E-state index contributed by atoms with van der Waals surface area (Å²) < 4.78 is 31.0. The highest BCUT2D eigenvalue weighted by molar-refractivity contribution is 7.89. The summed E-state index contributed by atoms with van der Waals surface area (Å²) in [5, 5.41) is 2.59. The summed E-state index contributed by atoms with van der Waals surface area (Å²) in [6.07, 6.45) is 0.111. The minimum absolute atomic E-state index is 0.00922. The summed E-state index contributed by atoms with van der Waals surface area (Å²) in [6, 6.07) is 6.87. The number of hydrogen-bond acceptors (Lipinski definition) is 5. The standard InChI is InChI=1S/C13H21N3O4S/c1-2-15-13(17)7-8-16-21(18,19)10-9-20-12-6-4-3-5-11(12)14/h3-6,16H,2,7-10,14H2,1H3,(H,15,17).